The summed E-state index contributed by atoms with van der Waals surface area (Å²) in [5, 5.41) is 2.90. The Morgan fingerprint density at radius 1 is 1.03 bits per heavy atom. The van der Waals surface area contributed by atoms with E-state index in [0.29, 0.717) is 12.2 Å². The number of carbonyl (C=O) groups is 1. The number of likely N-dealkylation sites (tertiary alicyclic amines) is 1. The number of carbonyl (C=O) groups excluding carboxylic acids is 1. The van der Waals surface area contributed by atoms with Crippen LogP contribution in [0.15, 0.2) is 59.5 Å². The molecule has 2 atom stereocenters. The van der Waals surface area contributed by atoms with E-state index in [9.17, 15) is 21.6 Å². The summed E-state index contributed by atoms with van der Waals surface area (Å²) in [6, 6.07) is 15.5. The highest BCUT2D eigenvalue weighted by atomic mass is 32.2. The molecular weight excluding hydrogens is 462 g/mol. The normalized spacial score (nSPS) is 23.3. The lowest BCUT2D eigenvalue weighted by molar-refractivity contribution is -0.121. The summed E-state index contributed by atoms with van der Waals surface area (Å²) in [4.78, 5) is 15.1. The first-order valence-corrected chi connectivity index (χ1v) is 14.4. The van der Waals surface area contributed by atoms with Crippen LogP contribution in [0.3, 0.4) is 0 Å². The van der Waals surface area contributed by atoms with Gasteiger partial charge in [-0.3, -0.25) is 9.69 Å². The highest BCUT2D eigenvalue weighted by molar-refractivity contribution is 7.92. The summed E-state index contributed by atoms with van der Waals surface area (Å²) in [7, 11) is -7.01. The highest BCUT2D eigenvalue weighted by Gasteiger charge is 2.31. The lowest BCUT2D eigenvalue weighted by atomic mass is 9.96. The van der Waals surface area contributed by atoms with Crippen molar-refractivity contribution in [2.75, 3.05) is 29.9 Å². The topological polar surface area (TPSA) is 113 Å². The van der Waals surface area contributed by atoms with E-state index < -0.39 is 25.9 Å². The second-order valence-corrected chi connectivity index (χ2v) is 12.7. The van der Waals surface area contributed by atoms with Gasteiger partial charge in [0.2, 0.25) is 15.9 Å². The molecule has 4 rings (SSSR count). The van der Waals surface area contributed by atoms with Crippen LogP contribution in [0, 0.1) is 5.92 Å². The number of rotatable bonds is 7. The molecule has 2 aliphatic heterocycles. The second-order valence-electron chi connectivity index (χ2n) is 8.79. The number of sulfonamides is 1. The minimum absolute atomic E-state index is 0.00486. The Morgan fingerprint density at radius 3 is 2.42 bits per heavy atom. The molecule has 10 heteroatoms. The van der Waals surface area contributed by atoms with E-state index in [0.717, 1.165) is 25.9 Å². The van der Waals surface area contributed by atoms with Crippen LogP contribution in [-0.2, 0) is 31.2 Å². The van der Waals surface area contributed by atoms with E-state index in [1.807, 2.05) is 18.2 Å². The molecule has 0 bridgehead atoms. The molecule has 0 radical (unpaired) electrons. The molecule has 0 aliphatic carbocycles. The molecule has 2 aromatic rings. The molecule has 0 saturated carbocycles. The van der Waals surface area contributed by atoms with Crippen LogP contribution in [0.2, 0.25) is 0 Å². The van der Waals surface area contributed by atoms with Gasteiger partial charge in [0, 0.05) is 24.8 Å². The lowest BCUT2D eigenvalue weighted by Gasteiger charge is -2.32. The Labute approximate surface area is 195 Å². The van der Waals surface area contributed by atoms with Gasteiger partial charge in [-0.15, -0.1) is 0 Å². The van der Waals surface area contributed by atoms with Gasteiger partial charge in [0.05, 0.1) is 22.3 Å². The predicted octanol–water partition coefficient (Wildman–Crippen LogP) is 2.00. The molecule has 2 fully saturated rings. The number of nitrogens with one attached hydrogen (secondary N) is 2. The monoisotopic (exact) mass is 491 g/mol. The molecule has 2 aliphatic rings. The molecule has 2 N–H and O–H groups in total. The summed E-state index contributed by atoms with van der Waals surface area (Å²) in [5.41, 5.74) is 1.75. The van der Waals surface area contributed by atoms with Gasteiger partial charge < -0.3 is 5.32 Å². The molecule has 8 nitrogen and oxygen atoms in total. The average molecular weight is 492 g/mol. The van der Waals surface area contributed by atoms with Crippen LogP contribution in [0.4, 0.5) is 5.69 Å². The van der Waals surface area contributed by atoms with E-state index in [1.165, 1.54) is 17.7 Å². The summed E-state index contributed by atoms with van der Waals surface area (Å²) >= 11 is 0. The Kier molecular flexibility index (Phi) is 7.18. The lowest BCUT2D eigenvalue weighted by Crippen LogP contribution is -2.40. The molecule has 0 spiro atoms. The smallest absolute Gasteiger partial charge is 0.240 e. The average Bonchev–Trinajstić information content (AvgIpc) is 3.12. The van der Waals surface area contributed by atoms with Gasteiger partial charge in [0.15, 0.2) is 9.84 Å². The van der Waals surface area contributed by atoms with Crippen molar-refractivity contribution in [1.82, 2.24) is 9.62 Å². The molecule has 178 valence electrons. The van der Waals surface area contributed by atoms with Crippen molar-refractivity contribution in [3.05, 3.63) is 60.2 Å². The van der Waals surface area contributed by atoms with Crippen molar-refractivity contribution in [2.45, 2.75) is 36.7 Å². The summed E-state index contributed by atoms with van der Waals surface area (Å²) < 4.78 is 50.7. The fourth-order valence-electron chi connectivity index (χ4n) is 4.39. The third-order valence-electron chi connectivity index (χ3n) is 6.11. The van der Waals surface area contributed by atoms with Crippen molar-refractivity contribution in [2.24, 2.45) is 5.92 Å². The van der Waals surface area contributed by atoms with E-state index in [4.69, 9.17) is 0 Å². The zero-order chi connectivity index (χ0) is 23.5. The SMILES string of the molecule is O=C(Nc1ccc(S(=O)(=O)NC2CCS(=O)(=O)C2)cc1)C1CCCN(Cc2ccccc2)C1. The first-order valence-electron chi connectivity index (χ1n) is 11.1. The molecule has 1 amide bonds. The Hall–Kier alpha value is -2.27. The Balaban J connectivity index is 1.33. The maximum Gasteiger partial charge on any atom is 0.240 e. The highest BCUT2D eigenvalue weighted by Crippen LogP contribution is 2.22. The molecule has 2 unspecified atom stereocenters. The zero-order valence-corrected chi connectivity index (χ0v) is 19.9. The van der Waals surface area contributed by atoms with Gasteiger partial charge in [-0.25, -0.2) is 21.6 Å². The van der Waals surface area contributed by atoms with E-state index >= 15 is 0 Å². The number of sulfone groups is 1. The summed E-state index contributed by atoms with van der Waals surface area (Å²) in [5.74, 6) is -0.382. The van der Waals surface area contributed by atoms with Gasteiger partial charge >= 0.3 is 0 Å². The summed E-state index contributed by atoms with van der Waals surface area (Å²) in [6.07, 6.45) is 2.04. The second kappa shape index (κ2) is 9.92. The first kappa shape index (κ1) is 23.9. The van der Waals surface area contributed by atoms with Crippen LogP contribution < -0.4 is 10.0 Å². The van der Waals surface area contributed by atoms with Crippen molar-refractivity contribution in [3.63, 3.8) is 0 Å². The molecule has 0 aromatic heterocycles. The van der Waals surface area contributed by atoms with Crippen LogP contribution >= 0.6 is 0 Å². The first-order chi connectivity index (χ1) is 15.7. The number of anilines is 1. The van der Waals surface area contributed by atoms with Crippen LogP contribution in [-0.4, -0.2) is 58.3 Å². The molecular formula is C23H29N3O5S2. The van der Waals surface area contributed by atoms with Gasteiger partial charge in [-0.2, -0.15) is 0 Å². The van der Waals surface area contributed by atoms with Crippen LogP contribution in [0.1, 0.15) is 24.8 Å². The van der Waals surface area contributed by atoms with Crippen LogP contribution in [0.5, 0.6) is 0 Å². The molecule has 2 saturated heterocycles. The number of benzene rings is 2. The predicted molar refractivity (Wildman–Crippen MR) is 127 cm³/mol. The minimum Gasteiger partial charge on any atom is -0.326 e. The van der Waals surface area contributed by atoms with Gasteiger partial charge in [0.1, 0.15) is 0 Å². The van der Waals surface area contributed by atoms with Gasteiger partial charge in [-0.05, 0) is 55.6 Å². The quantitative estimate of drug-likeness (QED) is 0.613. The van der Waals surface area contributed by atoms with Crippen LogP contribution in [0.25, 0.3) is 0 Å². The standard InChI is InChI=1S/C23H29N3O5S2/c27-23(19-7-4-13-26(16-19)15-18-5-2-1-3-6-18)24-20-8-10-22(11-9-20)33(30,31)25-21-12-14-32(28,29)17-21/h1-3,5-6,8-11,19,21,25H,4,7,12-17H2,(H,24,27). The fraction of sp³-hybridized carbons (Fsp3) is 0.435. The molecule has 33 heavy (non-hydrogen) atoms. The number of nitrogens with zero attached hydrogens (tertiary/aromatic N) is 1. The summed E-state index contributed by atoms with van der Waals surface area (Å²) in [6.45, 7) is 2.45. The fourth-order valence-corrected chi connectivity index (χ4v) is 7.44. The van der Waals surface area contributed by atoms with E-state index in [2.05, 4.69) is 27.1 Å². The number of hydrogen-bond acceptors (Lipinski definition) is 6. The Bertz CT molecular complexity index is 1180. The maximum atomic E-state index is 12.8. The van der Waals surface area contributed by atoms with Crippen molar-refractivity contribution >= 4 is 31.5 Å². The van der Waals surface area contributed by atoms with E-state index in [-0.39, 0.29) is 34.6 Å². The van der Waals surface area contributed by atoms with Crippen molar-refractivity contribution in [1.29, 1.82) is 0 Å². The van der Waals surface area contributed by atoms with Crippen molar-refractivity contribution in [3.8, 4) is 0 Å². The largest absolute Gasteiger partial charge is 0.326 e. The third kappa shape index (κ3) is 6.41. The zero-order valence-electron chi connectivity index (χ0n) is 18.3. The maximum absolute atomic E-state index is 12.8. The number of hydrogen-bond donors (Lipinski definition) is 2. The van der Waals surface area contributed by atoms with Crippen molar-refractivity contribution < 1.29 is 21.6 Å². The number of amides is 1. The Morgan fingerprint density at radius 2 is 1.76 bits per heavy atom. The minimum atomic E-state index is -3.83. The molecule has 2 heterocycles. The van der Waals surface area contributed by atoms with Gasteiger partial charge in [0.25, 0.3) is 0 Å². The molecule has 2 aromatic carbocycles. The van der Waals surface area contributed by atoms with E-state index in [1.54, 1.807) is 12.1 Å². The number of piperidine rings is 1. The van der Waals surface area contributed by atoms with Gasteiger partial charge in [-0.1, -0.05) is 30.3 Å². The third-order valence-corrected chi connectivity index (χ3v) is 9.42.